The van der Waals surface area contributed by atoms with Crippen LogP contribution in [0.3, 0.4) is 0 Å². The first-order valence-corrected chi connectivity index (χ1v) is 5.83. The molecule has 1 nitrogen and oxygen atoms in total. The van der Waals surface area contributed by atoms with Crippen molar-refractivity contribution < 1.29 is 0 Å². The lowest BCUT2D eigenvalue weighted by Gasteiger charge is -2.36. The Labute approximate surface area is 94.6 Å². The van der Waals surface area contributed by atoms with Crippen molar-refractivity contribution in [2.24, 2.45) is 5.41 Å². The average molecular weight is 207 g/mol. The summed E-state index contributed by atoms with van der Waals surface area (Å²) in [5.41, 5.74) is 1.82. The van der Waals surface area contributed by atoms with E-state index >= 15 is 0 Å². The smallest absolute Gasteiger partial charge is 0.0343 e. The molecule has 0 aromatic heterocycles. The topological polar surface area (TPSA) is 12.0 Å². The first kappa shape index (κ1) is 12.5. The summed E-state index contributed by atoms with van der Waals surface area (Å²) in [4.78, 5) is 0. The van der Waals surface area contributed by atoms with Gasteiger partial charge < -0.3 is 5.32 Å². The Bertz CT molecular complexity index is 276. The van der Waals surface area contributed by atoms with Gasteiger partial charge in [-0.25, -0.2) is 0 Å². The monoisotopic (exact) mass is 207 g/mol. The highest BCUT2D eigenvalue weighted by Gasteiger charge is 2.29. The van der Waals surface area contributed by atoms with Crippen LogP contribution in [0, 0.1) is 5.41 Å². The van der Waals surface area contributed by atoms with Gasteiger partial charge in [-0.1, -0.05) is 37.6 Å². The second kappa shape index (κ2) is 4.13. The third-order valence-corrected chi connectivity index (χ3v) is 2.83. The Morgan fingerprint density at radius 2 is 1.93 bits per heavy atom. The van der Waals surface area contributed by atoms with Crippen molar-refractivity contribution in [1.82, 2.24) is 5.32 Å². The summed E-state index contributed by atoms with van der Waals surface area (Å²) in [6, 6.07) is 0.427. The lowest BCUT2D eigenvalue weighted by molar-refractivity contribution is 0.287. The summed E-state index contributed by atoms with van der Waals surface area (Å²) in [5.74, 6) is 0. The van der Waals surface area contributed by atoms with Crippen molar-refractivity contribution in [1.29, 1.82) is 0 Å². The average Bonchev–Trinajstić information content (AvgIpc) is 2.09. The molecule has 86 valence electrons. The Balaban J connectivity index is 2.91. The van der Waals surface area contributed by atoms with E-state index in [1.54, 1.807) is 0 Å². The van der Waals surface area contributed by atoms with Crippen LogP contribution in [-0.4, -0.2) is 11.6 Å². The second-order valence-corrected chi connectivity index (χ2v) is 6.31. The molecule has 1 N–H and O–H groups in total. The molecular formula is C14H25N. The highest BCUT2D eigenvalue weighted by molar-refractivity contribution is 5.20. The van der Waals surface area contributed by atoms with Gasteiger partial charge in [0.15, 0.2) is 0 Å². The minimum atomic E-state index is 0.164. The standard InChI is InChI=1S/C14H25N/c1-11-8-7-9-14(5,6)12(10-11)15-13(2,3)4/h7,9-10,12,15H,8H2,1-6H3/t12-/m0/s1. The van der Waals surface area contributed by atoms with Crippen molar-refractivity contribution in [3.8, 4) is 0 Å². The molecule has 0 aromatic rings. The Morgan fingerprint density at radius 3 is 2.47 bits per heavy atom. The molecular weight excluding hydrogens is 182 g/mol. The van der Waals surface area contributed by atoms with Gasteiger partial charge in [-0.05, 0) is 34.1 Å². The molecule has 0 aliphatic heterocycles. The SMILES string of the molecule is CC1=C[C@H](NC(C)(C)C)C(C)(C)C=CC1. The van der Waals surface area contributed by atoms with E-state index in [0.717, 1.165) is 6.42 Å². The molecule has 1 heteroatoms. The largest absolute Gasteiger partial charge is 0.305 e. The third-order valence-electron chi connectivity index (χ3n) is 2.83. The van der Waals surface area contributed by atoms with Crippen LogP contribution in [0.25, 0.3) is 0 Å². The first-order valence-electron chi connectivity index (χ1n) is 5.83. The normalized spacial score (nSPS) is 26.0. The Hall–Kier alpha value is -0.560. The van der Waals surface area contributed by atoms with Crippen molar-refractivity contribution in [3.05, 3.63) is 23.8 Å². The van der Waals surface area contributed by atoms with E-state index in [2.05, 4.69) is 65.1 Å². The number of nitrogens with one attached hydrogen (secondary N) is 1. The lowest BCUT2D eigenvalue weighted by atomic mass is 9.83. The molecule has 0 bridgehead atoms. The molecule has 0 aromatic carbocycles. The predicted molar refractivity (Wildman–Crippen MR) is 68.0 cm³/mol. The number of hydrogen-bond donors (Lipinski definition) is 1. The molecule has 0 amide bonds. The van der Waals surface area contributed by atoms with Gasteiger partial charge in [0.1, 0.15) is 0 Å². The van der Waals surface area contributed by atoms with E-state index in [0.29, 0.717) is 6.04 Å². The van der Waals surface area contributed by atoms with Gasteiger partial charge in [0.25, 0.3) is 0 Å². The van der Waals surface area contributed by atoms with Crippen LogP contribution in [0.1, 0.15) is 48.0 Å². The highest BCUT2D eigenvalue weighted by Crippen LogP contribution is 2.29. The van der Waals surface area contributed by atoms with Crippen LogP contribution >= 0.6 is 0 Å². The van der Waals surface area contributed by atoms with Crippen molar-refractivity contribution in [2.75, 3.05) is 0 Å². The summed E-state index contributed by atoms with van der Waals surface area (Å²) in [7, 11) is 0. The van der Waals surface area contributed by atoms with Crippen molar-refractivity contribution >= 4 is 0 Å². The highest BCUT2D eigenvalue weighted by atomic mass is 15.0. The second-order valence-electron chi connectivity index (χ2n) is 6.31. The zero-order valence-electron chi connectivity index (χ0n) is 11.0. The van der Waals surface area contributed by atoms with E-state index in [-0.39, 0.29) is 11.0 Å². The molecule has 1 aliphatic carbocycles. The van der Waals surface area contributed by atoms with E-state index in [9.17, 15) is 0 Å². The predicted octanol–water partition coefficient (Wildman–Crippen LogP) is 3.68. The molecule has 0 spiro atoms. The number of hydrogen-bond acceptors (Lipinski definition) is 1. The zero-order valence-corrected chi connectivity index (χ0v) is 11.0. The maximum absolute atomic E-state index is 3.69. The van der Waals surface area contributed by atoms with Crippen LogP contribution in [0.4, 0.5) is 0 Å². The fourth-order valence-electron chi connectivity index (χ4n) is 1.91. The van der Waals surface area contributed by atoms with E-state index in [1.807, 2.05) is 0 Å². The fraction of sp³-hybridized carbons (Fsp3) is 0.714. The molecule has 0 radical (unpaired) electrons. The molecule has 0 saturated carbocycles. The molecule has 1 aliphatic rings. The molecule has 1 rings (SSSR count). The van der Waals surface area contributed by atoms with Crippen molar-refractivity contribution in [2.45, 2.75) is 59.5 Å². The minimum absolute atomic E-state index is 0.164. The van der Waals surface area contributed by atoms with Crippen LogP contribution in [0.15, 0.2) is 23.8 Å². The summed E-state index contributed by atoms with van der Waals surface area (Å²) in [6.45, 7) is 13.5. The molecule has 1 atom stereocenters. The minimum Gasteiger partial charge on any atom is -0.305 e. The number of rotatable bonds is 1. The maximum atomic E-state index is 3.69. The Morgan fingerprint density at radius 1 is 1.33 bits per heavy atom. The van der Waals surface area contributed by atoms with Gasteiger partial charge in [-0.15, -0.1) is 0 Å². The molecule has 0 heterocycles. The van der Waals surface area contributed by atoms with Crippen LogP contribution in [-0.2, 0) is 0 Å². The van der Waals surface area contributed by atoms with Gasteiger partial charge in [-0.2, -0.15) is 0 Å². The first-order chi connectivity index (χ1) is 6.71. The fourth-order valence-corrected chi connectivity index (χ4v) is 1.91. The maximum Gasteiger partial charge on any atom is 0.0343 e. The van der Waals surface area contributed by atoms with E-state index in [4.69, 9.17) is 0 Å². The molecule has 15 heavy (non-hydrogen) atoms. The molecule has 0 unspecified atom stereocenters. The quantitative estimate of drug-likeness (QED) is 0.647. The molecule has 0 saturated heterocycles. The van der Waals surface area contributed by atoms with Crippen LogP contribution < -0.4 is 5.32 Å². The van der Waals surface area contributed by atoms with Gasteiger partial charge >= 0.3 is 0 Å². The molecule has 0 fully saturated rings. The van der Waals surface area contributed by atoms with Gasteiger partial charge in [0, 0.05) is 17.0 Å². The summed E-state index contributed by atoms with van der Waals surface area (Å²) in [6.07, 6.45) is 8.09. The number of allylic oxidation sites excluding steroid dienone is 2. The van der Waals surface area contributed by atoms with Gasteiger partial charge in [-0.3, -0.25) is 0 Å². The van der Waals surface area contributed by atoms with Crippen LogP contribution in [0.5, 0.6) is 0 Å². The van der Waals surface area contributed by atoms with E-state index < -0.39 is 0 Å². The summed E-state index contributed by atoms with van der Waals surface area (Å²) < 4.78 is 0. The van der Waals surface area contributed by atoms with Crippen molar-refractivity contribution in [3.63, 3.8) is 0 Å². The zero-order chi connectivity index (χ0) is 11.7. The van der Waals surface area contributed by atoms with Gasteiger partial charge in [0.05, 0.1) is 0 Å². The van der Waals surface area contributed by atoms with E-state index in [1.165, 1.54) is 5.57 Å². The summed E-state index contributed by atoms with van der Waals surface area (Å²) in [5, 5.41) is 3.69. The lowest BCUT2D eigenvalue weighted by Crippen LogP contribution is -2.49. The third kappa shape index (κ3) is 3.83. The van der Waals surface area contributed by atoms with Gasteiger partial charge in [0.2, 0.25) is 0 Å². The Kier molecular flexibility index (Phi) is 3.44. The van der Waals surface area contributed by atoms with Crippen LogP contribution in [0.2, 0.25) is 0 Å². The summed E-state index contributed by atoms with van der Waals surface area (Å²) >= 11 is 0.